The van der Waals surface area contributed by atoms with Crippen LogP contribution in [0.5, 0.6) is 5.75 Å². The van der Waals surface area contributed by atoms with Gasteiger partial charge in [0, 0.05) is 12.6 Å². The van der Waals surface area contributed by atoms with Crippen molar-refractivity contribution in [3.05, 3.63) is 32.9 Å². The number of hydrogen-bond acceptors (Lipinski definition) is 5. The van der Waals surface area contributed by atoms with Crippen molar-refractivity contribution in [1.29, 1.82) is 0 Å². The number of nitro benzene ring substituents is 1. The molecule has 0 atom stereocenters. The third-order valence-electron chi connectivity index (χ3n) is 2.70. The number of fused-ring (bicyclic) bond motifs is 1. The van der Waals surface area contributed by atoms with Gasteiger partial charge in [-0.25, -0.2) is 0 Å². The Bertz CT molecular complexity index is 579. The van der Waals surface area contributed by atoms with E-state index in [2.05, 4.69) is 0 Å². The first kappa shape index (κ1) is 11.1. The topological polar surface area (TPSA) is 101 Å². The predicted octanol–water partition coefficient (Wildman–Crippen LogP) is 0.835. The number of imide groups is 1. The highest BCUT2D eigenvalue weighted by atomic mass is 16.6. The standard InChI is InChI=1S/C10H8N2O5/c1-4-3-5-6(8(13)7(4)12(16)17)10(15)11(2)9(5)14/h3,13H,1-2H3. The number of carbonyl (C=O) groups is 2. The summed E-state index contributed by atoms with van der Waals surface area (Å²) < 4.78 is 0. The lowest BCUT2D eigenvalue weighted by molar-refractivity contribution is -0.386. The van der Waals surface area contributed by atoms with E-state index in [-0.39, 0.29) is 16.7 Å². The molecule has 0 saturated carbocycles. The molecule has 0 aromatic heterocycles. The van der Waals surface area contributed by atoms with Gasteiger partial charge in [-0.2, -0.15) is 0 Å². The van der Waals surface area contributed by atoms with E-state index in [0.717, 1.165) is 4.90 Å². The van der Waals surface area contributed by atoms with Crippen molar-refractivity contribution in [3.63, 3.8) is 0 Å². The summed E-state index contributed by atoms with van der Waals surface area (Å²) in [7, 11) is 1.26. The highest BCUT2D eigenvalue weighted by molar-refractivity contribution is 6.23. The third-order valence-corrected chi connectivity index (χ3v) is 2.70. The lowest BCUT2D eigenvalue weighted by Crippen LogP contribution is -2.24. The normalized spacial score (nSPS) is 14.1. The molecule has 0 fully saturated rings. The van der Waals surface area contributed by atoms with Crippen molar-refractivity contribution in [2.24, 2.45) is 0 Å². The van der Waals surface area contributed by atoms with Gasteiger partial charge in [0.25, 0.3) is 11.8 Å². The summed E-state index contributed by atoms with van der Waals surface area (Å²) in [5, 5.41) is 20.5. The first-order valence-corrected chi connectivity index (χ1v) is 4.69. The summed E-state index contributed by atoms with van der Waals surface area (Å²) in [4.78, 5) is 34.0. The molecule has 0 unspecified atom stereocenters. The number of aryl methyl sites for hydroxylation is 1. The first-order chi connectivity index (χ1) is 7.86. The predicted molar refractivity (Wildman–Crippen MR) is 55.9 cm³/mol. The smallest absolute Gasteiger partial charge is 0.314 e. The van der Waals surface area contributed by atoms with Gasteiger partial charge in [0.1, 0.15) is 5.56 Å². The van der Waals surface area contributed by atoms with E-state index in [1.54, 1.807) is 0 Å². The molecule has 1 aromatic carbocycles. The number of phenols is 1. The number of amides is 2. The summed E-state index contributed by atoms with van der Waals surface area (Å²) in [5.74, 6) is -2.04. The van der Waals surface area contributed by atoms with Gasteiger partial charge in [0.15, 0.2) is 0 Å². The second-order valence-electron chi connectivity index (χ2n) is 3.74. The zero-order valence-electron chi connectivity index (χ0n) is 9.05. The zero-order valence-corrected chi connectivity index (χ0v) is 9.05. The number of nitrogens with zero attached hydrogens (tertiary/aromatic N) is 2. The van der Waals surface area contributed by atoms with Gasteiger partial charge in [0.2, 0.25) is 5.75 Å². The molecule has 7 nitrogen and oxygen atoms in total. The van der Waals surface area contributed by atoms with Gasteiger partial charge in [0.05, 0.1) is 10.5 Å². The zero-order chi connectivity index (χ0) is 12.9. The highest BCUT2D eigenvalue weighted by Gasteiger charge is 2.39. The van der Waals surface area contributed by atoms with Crippen molar-refractivity contribution in [3.8, 4) is 5.75 Å². The number of hydrogen-bond donors (Lipinski definition) is 1. The number of rotatable bonds is 1. The van der Waals surface area contributed by atoms with Crippen molar-refractivity contribution in [1.82, 2.24) is 4.90 Å². The average Bonchev–Trinajstić information content (AvgIpc) is 2.43. The lowest BCUT2D eigenvalue weighted by atomic mass is 10.0. The van der Waals surface area contributed by atoms with E-state index in [4.69, 9.17) is 0 Å². The average molecular weight is 236 g/mol. The van der Waals surface area contributed by atoms with Crippen molar-refractivity contribution in [2.45, 2.75) is 6.92 Å². The van der Waals surface area contributed by atoms with E-state index in [1.165, 1.54) is 20.0 Å². The van der Waals surface area contributed by atoms with Crippen LogP contribution >= 0.6 is 0 Å². The third kappa shape index (κ3) is 1.28. The second kappa shape index (κ2) is 3.27. The number of carbonyl (C=O) groups excluding carboxylic acids is 2. The molecule has 1 N–H and O–H groups in total. The number of nitro groups is 1. The Morgan fingerprint density at radius 1 is 1.35 bits per heavy atom. The summed E-state index contributed by atoms with van der Waals surface area (Å²) in [6, 6.07) is 1.25. The van der Waals surface area contributed by atoms with Gasteiger partial charge in [-0.1, -0.05) is 0 Å². The van der Waals surface area contributed by atoms with Crippen LogP contribution in [0.2, 0.25) is 0 Å². The van der Waals surface area contributed by atoms with Gasteiger partial charge in [-0.3, -0.25) is 24.6 Å². The molecular weight excluding hydrogens is 228 g/mol. The lowest BCUT2D eigenvalue weighted by Gasteiger charge is -2.03. The molecule has 88 valence electrons. The van der Waals surface area contributed by atoms with Crippen LogP contribution in [-0.2, 0) is 0 Å². The summed E-state index contributed by atoms with van der Waals surface area (Å²) in [6.07, 6.45) is 0. The Kier molecular flexibility index (Phi) is 2.13. The van der Waals surface area contributed by atoms with Gasteiger partial charge in [-0.05, 0) is 13.0 Å². The molecule has 1 aliphatic heterocycles. The maximum absolute atomic E-state index is 11.6. The minimum absolute atomic E-state index is 0.00176. The number of phenolic OH excluding ortho intramolecular Hbond substituents is 1. The molecule has 7 heteroatoms. The van der Waals surface area contributed by atoms with Crippen LogP contribution in [0, 0.1) is 17.0 Å². The largest absolute Gasteiger partial charge is 0.502 e. The van der Waals surface area contributed by atoms with E-state index >= 15 is 0 Å². The van der Waals surface area contributed by atoms with Crippen LogP contribution in [0.25, 0.3) is 0 Å². The molecule has 2 amide bonds. The van der Waals surface area contributed by atoms with Crippen molar-refractivity contribution in [2.75, 3.05) is 7.05 Å². The van der Waals surface area contributed by atoms with Crippen LogP contribution in [-0.4, -0.2) is 33.8 Å². The van der Waals surface area contributed by atoms with Crippen molar-refractivity contribution >= 4 is 17.5 Å². The molecule has 1 heterocycles. The Hall–Kier alpha value is -2.44. The second-order valence-corrected chi connectivity index (χ2v) is 3.74. The Labute approximate surface area is 95.4 Å². The highest BCUT2D eigenvalue weighted by Crippen LogP contribution is 2.39. The van der Waals surface area contributed by atoms with Gasteiger partial charge in [-0.15, -0.1) is 0 Å². The Balaban J connectivity index is 2.83. The van der Waals surface area contributed by atoms with E-state index in [9.17, 15) is 24.8 Å². The molecule has 0 spiro atoms. The monoisotopic (exact) mass is 236 g/mol. The molecule has 0 bridgehead atoms. The van der Waals surface area contributed by atoms with Crippen LogP contribution in [0.1, 0.15) is 26.3 Å². The molecule has 0 saturated heterocycles. The molecular formula is C10H8N2O5. The first-order valence-electron chi connectivity index (χ1n) is 4.69. The van der Waals surface area contributed by atoms with Crippen LogP contribution in [0.15, 0.2) is 6.07 Å². The van der Waals surface area contributed by atoms with Crippen molar-refractivity contribution < 1.29 is 19.6 Å². The van der Waals surface area contributed by atoms with E-state index < -0.39 is 28.2 Å². The minimum Gasteiger partial charge on any atom is -0.502 e. The molecule has 2 rings (SSSR count). The molecule has 17 heavy (non-hydrogen) atoms. The minimum atomic E-state index is -0.777. The fourth-order valence-corrected chi connectivity index (χ4v) is 1.85. The maximum Gasteiger partial charge on any atom is 0.314 e. The van der Waals surface area contributed by atoms with E-state index in [0.29, 0.717) is 0 Å². The van der Waals surface area contributed by atoms with E-state index in [1.807, 2.05) is 0 Å². The molecule has 1 aromatic rings. The summed E-state index contributed by atoms with van der Waals surface area (Å²) in [6.45, 7) is 1.40. The molecule has 0 aliphatic carbocycles. The SMILES string of the molecule is Cc1cc2c(c(O)c1[N+](=O)[O-])C(=O)N(C)C2=O. The fraction of sp³-hybridized carbons (Fsp3) is 0.200. The summed E-state index contributed by atoms with van der Waals surface area (Å²) in [5.41, 5.74) is -0.698. The molecule has 1 aliphatic rings. The van der Waals surface area contributed by atoms with Crippen LogP contribution < -0.4 is 0 Å². The fourth-order valence-electron chi connectivity index (χ4n) is 1.85. The molecule has 0 radical (unpaired) electrons. The van der Waals surface area contributed by atoms with Crippen LogP contribution in [0.3, 0.4) is 0 Å². The van der Waals surface area contributed by atoms with Crippen LogP contribution in [0.4, 0.5) is 5.69 Å². The van der Waals surface area contributed by atoms with Gasteiger partial charge >= 0.3 is 5.69 Å². The number of aromatic hydroxyl groups is 1. The Morgan fingerprint density at radius 3 is 2.47 bits per heavy atom. The summed E-state index contributed by atoms with van der Waals surface area (Å²) >= 11 is 0. The Morgan fingerprint density at radius 2 is 1.94 bits per heavy atom. The number of benzene rings is 1. The maximum atomic E-state index is 11.6. The van der Waals surface area contributed by atoms with Gasteiger partial charge < -0.3 is 5.11 Å². The quantitative estimate of drug-likeness (QED) is 0.442.